The number of phenolic OH excluding ortho intramolecular Hbond substituents is 1. The molecule has 1 heterocycles. The van der Waals surface area contributed by atoms with E-state index in [1.54, 1.807) is 32.0 Å². The molecular formula is C13H18N4O3. The molecule has 0 saturated heterocycles. The van der Waals surface area contributed by atoms with Gasteiger partial charge in [0.25, 0.3) is 0 Å². The molecule has 1 aromatic carbocycles. The molecule has 7 heteroatoms. The molecule has 2 unspecified atom stereocenters. The van der Waals surface area contributed by atoms with Crippen LogP contribution in [0.25, 0.3) is 0 Å². The Balaban J connectivity index is 2.40. The fraction of sp³-hybridized carbons (Fsp3) is 0.385. The van der Waals surface area contributed by atoms with Crippen molar-refractivity contribution in [2.24, 2.45) is 16.8 Å². The second-order valence-electron chi connectivity index (χ2n) is 4.99. The summed E-state index contributed by atoms with van der Waals surface area (Å²) in [5.41, 5.74) is 9.10. The van der Waals surface area contributed by atoms with Gasteiger partial charge in [-0.05, 0) is 12.0 Å². The quantitative estimate of drug-likeness (QED) is 0.643. The summed E-state index contributed by atoms with van der Waals surface area (Å²) >= 11 is 0. The van der Waals surface area contributed by atoms with Gasteiger partial charge in [0, 0.05) is 5.56 Å². The average Bonchev–Trinajstić information content (AvgIpc) is 2.72. The molecule has 0 radical (unpaired) electrons. The van der Waals surface area contributed by atoms with Crippen molar-refractivity contribution in [3.8, 4) is 5.75 Å². The van der Waals surface area contributed by atoms with Gasteiger partial charge in [-0.2, -0.15) is 0 Å². The van der Waals surface area contributed by atoms with E-state index in [1.165, 1.54) is 11.0 Å². The number of hydrogen-bond donors (Lipinski definition) is 4. The third-order valence-corrected chi connectivity index (χ3v) is 3.26. The summed E-state index contributed by atoms with van der Waals surface area (Å²) in [4.78, 5) is 13.0. The number of aromatic hydroxyl groups is 1. The first-order chi connectivity index (χ1) is 9.43. The summed E-state index contributed by atoms with van der Waals surface area (Å²) in [6, 6.07) is 5.86. The van der Waals surface area contributed by atoms with Crippen molar-refractivity contribution >= 4 is 11.9 Å². The Hall–Kier alpha value is -2.44. The van der Waals surface area contributed by atoms with Crippen LogP contribution < -0.4 is 11.2 Å². The maximum absolute atomic E-state index is 11.5. The van der Waals surface area contributed by atoms with Crippen molar-refractivity contribution in [3.63, 3.8) is 0 Å². The zero-order valence-corrected chi connectivity index (χ0v) is 11.3. The zero-order valence-electron chi connectivity index (χ0n) is 11.3. The summed E-state index contributed by atoms with van der Waals surface area (Å²) in [7, 11) is 0. The smallest absolute Gasteiger partial charge is 0.326 e. The number of carboxylic acid groups (broad SMARTS) is 1. The molecule has 2 rings (SSSR count). The van der Waals surface area contributed by atoms with Crippen molar-refractivity contribution < 1.29 is 15.0 Å². The first-order valence-electron chi connectivity index (χ1n) is 6.31. The molecule has 0 amide bonds. The van der Waals surface area contributed by atoms with Gasteiger partial charge < -0.3 is 20.8 Å². The maximum Gasteiger partial charge on any atom is 0.326 e. The van der Waals surface area contributed by atoms with Crippen molar-refractivity contribution in [1.82, 2.24) is 10.3 Å². The largest absolute Gasteiger partial charge is 0.508 e. The van der Waals surface area contributed by atoms with Gasteiger partial charge in [0.15, 0.2) is 0 Å². The van der Waals surface area contributed by atoms with E-state index in [0.29, 0.717) is 5.56 Å². The molecule has 5 N–H and O–H groups in total. The number of nitrogens with two attached hydrogens (primary N) is 1. The SMILES string of the molecule is CC(C)C(C(=O)O)N1C(N)=NNC1c1ccccc1O. The van der Waals surface area contributed by atoms with Crippen LogP contribution in [-0.2, 0) is 4.79 Å². The van der Waals surface area contributed by atoms with Crippen molar-refractivity contribution in [1.29, 1.82) is 0 Å². The van der Waals surface area contributed by atoms with Gasteiger partial charge >= 0.3 is 5.97 Å². The highest BCUT2D eigenvalue weighted by molar-refractivity contribution is 5.86. The van der Waals surface area contributed by atoms with E-state index in [1.807, 2.05) is 0 Å². The second-order valence-corrected chi connectivity index (χ2v) is 4.99. The Morgan fingerprint density at radius 2 is 2.10 bits per heavy atom. The lowest BCUT2D eigenvalue weighted by molar-refractivity contribution is -0.144. The summed E-state index contributed by atoms with van der Waals surface area (Å²) in [6.45, 7) is 3.60. The molecule has 7 nitrogen and oxygen atoms in total. The molecule has 20 heavy (non-hydrogen) atoms. The average molecular weight is 278 g/mol. The Morgan fingerprint density at radius 3 is 2.65 bits per heavy atom. The Morgan fingerprint density at radius 1 is 1.45 bits per heavy atom. The number of para-hydroxylation sites is 1. The summed E-state index contributed by atoms with van der Waals surface area (Å²) < 4.78 is 0. The minimum absolute atomic E-state index is 0.0628. The van der Waals surface area contributed by atoms with Gasteiger partial charge in [0.2, 0.25) is 5.96 Å². The fourth-order valence-electron chi connectivity index (χ4n) is 2.35. The number of rotatable bonds is 4. The number of guanidine groups is 1. The zero-order chi connectivity index (χ0) is 14.9. The Bertz CT molecular complexity index is 544. The first-order valence-corrected chi connectivity index (χ1v) is 6.31. The third-order valence-electron chi connectivity index (χ3n) is 3.26. The lowest BCUT2D eigenvalue weighted by Crippen LogP contribution is -2.51. The predicted octanol–water partition coefficient (Wildman–Crippen LogP) is 0.635. The van der Waals surface area contributed by atoms with Crippen molar-refractivity contribution in [2.45, 2.75) is 26.1 Å². The summed E-state index contributed by atoms with van der Waals surface area (Å²) in [5, 5.41) is 23.2. The predicted molar refractivity (Wildman–Crippen MR) is 73.7 cm³/mol. The molecule has 108 valence electrons. The summed E-state index contributed by atoms with van der Waals surface area (Å²) in [5.74, 6) is -0.996. The van der Waals surface area contributed by atoms with Gasteiger partial charge in [0.1, 0.15) is 18.0 Å². The van der Waals surface area contributed by atoms with Gasteiger partial charge in [-0.25, -0.2) is 4.79 Å². The number of carbonyl (C=O) groups is 1. The van der Waals surface area contributed by atoms with Crippen LogP contribution in [0.2, 0.25) is 0 Å². The normalized spacial score (nSPS) is 19.6. The lowest BCUT2D eigenvalue weighted by Gasteiger charge is -2.33. The van der Waals surface area contributed by atoms with E-state index in [2.05, 4.69) is 10.5 Å². The minimum atomic E-state index is -0.984. The maximum atomic E-state index is 11.5. The van der Waals surface area contributed by atoms with Crippen LogP contribution >= 0.6 is 0 Å². The van der Waals surface area contributed by atoms with Crippen LogP contribution in [0.15, 0.2) is 29.4 Å². The van der Waals surface area contributed by atoms with Gasteiger partial charge in [-0.3, -0.25) is 5.43 Å². The topological polar surface area (TPSA) is 111 Å². The van der Waals surface area contributed by atoms with Crippen molar-refractivity contribution in [2.75, 3.05) is 0 Å². The van der Waals surface area contributed by atoms with E-state index < -0.39 is 18.2 Å². The highest BCUT2D eigenvalue weighted by Crippen LogP contribution is 2.31. The standard InChI is InChI=1S/C13H18N4O3/c1-7(2)10(12(19)20)17-11(15-16-13(17)14)8-5-3-4-6-9(8)18/h3-7,10-11,15,18H,1-2H3,(H2,14,16)(H,19,20). The number of hydrogen-bond acceptors (Lipinski definition) is 6. The molecule has 0 bridgehead atoms. The number of hydrazone groups is 1. The summed E-state index contributed by atoms with van der Waals surface area (Å²) in [6.07, 6.45) is -0.598. The van der Waals surface area contributed by atoms with Crippen LogP contribution in [0.3, 0.4) is 0 Å². The third kappa shape index (κ3) is 2.34. The Labute approximate surface area is 116 Å². The van der Waals surface area contributed by atoms with E-state index in [4.69, 9.17) is 5.73 Å². The molecule has 1 aliphatic heterocycles. The molecular weight excluding hydrogens is 260 g/mol. The number of nitrogens with one attached hydrogen (secondary N) is 1. The van der Waals surface area contributed by atoms with Gasteiger partial charge in [-0.1, -0.05) is 32.0 Å². The molecule has 1 aliphatic rings. The highest BCUT2D eigenvalue weighted by atomic mass is 16.4. The first kappa shape index (κ1) is 14.0. The molecule has 0 aromatic heterocycles. The number of carboxylic acids is 1. The fourth-order valence-corrected chi connectivity index (χ4v) is 2.35. The van der Waals surface area contributed by atoms with Crippen LogP contribution in [0.1, 0.15) is 25.6 Å². The van der Waals surface area contributed by atoms with E-state index in [9.17, 15) is 15.0 Å². The molecule has 2 atom stereocenters. The van der Waals surface area contributed by atoms with E-state index in [0.717, 1.165) is 0 Å². The van der Waals surface area contributed by atoms with Gasteiger partial charge in [0.05, 0.1) is 0 Å². The molecule has 1 aromatic rings. The highest BCUT2D eigenvalue weighted by Gasteiger charge is 2.39. The van der Waals surface area contributed by atoms with Crippen LogP contribution in [0.5, 0.6) is 5.75 Å². The lowest BCUT2D eigenvalue weighted by atomic mass is 10.0. The Kier molecular flexibility index (Phi) is 3.69. The number of aliphatic carboxylic acids is 1. The monoisotopic (exact) mass is 278 g/mol. The molecule has 0 fully saturated rings. The molecule has 0 spiro atoms. The molecule has 0 saturated carbocycles. The molecule has 0 aliphatic carbocycles. The number of nitrogens with zero attached hydrogens (tertiary/aromatic N) is 2. The van der Waals surface area contributed by atoms with E-state index >= 15 is 0 Å². The van der Waals surface area contributed by atoms with Crippen LogP contribution in [-0.4, -0.2) is 33.1 Å². The number of benzene rings is 1. The van der Waals surface area contributed by atoms with E-state index in [-0.39, 0.29) is 17.6 Å². The second kappa shape index (κ2) is 5.28. The van der Waals surface area contributed by atoms with Gasteiger partial charge in [-0.15, -0.1) is 5.10 Å². The number of phenols is 1. The van der Waals surface area contributed by atoms with Crippen molar-refractivity contribution in [3.05, 3.63) is 29.8 Å². The van der Waals surface area contributed by atoms with Crippen LogP contribution in [0, 0.1) is 5.92 Å². The minimum Gasteiger partial charge on any atom is -0.508 e. The van der Waals surface area contributed by atoms with Crippen LogP contribution in [0.4, 0.5) is 0 Å².